The van der Waals surface area contributed by atoms with Gasteiger partial charge in [-0.25, -0.2) is 8.78 Å². The molecular weight excluding hydrogens is 196 g/mol. The second kappa shape index (κ2) is 4.23. The average molecular weight is 202 g/mol. The number of nitrogens with one attached hydrogen (secondary N) is 1. The fraction of sp³-hybridized carbons (Fsp3) is 0.125. The van der Waals surface area contributed by atoms with Crippen molar-refractivity contribution in [3.63, 3.8) is 0 Å². The van der Waals surface area contributed by atoms with E-state index in [2.05, 4.69) is 0 Å². The molecule has 0 spiro atoms. The largest absolute Gasteiger partial charge is 0.272 e. The maximum absolute atomic E-state index is 12.9. The van der Waals surface area contributed by atoms with Crippen molar-refractivity contribution >= 4 is 17.7 Å². The number of hydrogen-bond donors (Lipinski definition) is 0. The lowest BCUT2D eigenvalue weighted by Gasteiger charge is -2.01. The van der Waals surface area contributed by atoms with Gasteiger partial charge in [0.25, 0.3) is 0 Å². The van der Waals surface area contributed by atoms with Crippen LogP contribution in [0.5, 0.6) is 0 Å². The first-order chi connectivity index (χ1) is 6.11. The van der Waals surface area contributed by atoms with E-state index in [9.17, 15) is 13.6 Å². The van der Waals surface area contributed by atoms with Gasteiger partial charge in [0.15, 0.2) is 0 Å². The van der Waals surface area contributed by atoms with Gasteiger partial charge in [-0.2, -0.15) is 0 Å². The first-order valence-electron chi connectivity index (χ1n) is 3.42. The topological polar surface area (TPSA) is 40.9 Å². The molecule has 5 heteroatoms. The molecule has 0 aliphatic carbocycles. The molecule has 1 rings (SSSR count). The second-order valence-electron chi connectivity index (χ2n) is 2.26. The highest BCUT2D eigenvalue weighted by Crippen LogP contribution is 2.24. The van der Waals surface area contributed by atoms with Gasteiger partial charge in [0, 0.05) is 0 Å². The van der Waals surface area contributed by atoms with Crippen LogP contribution in [0.2, 0.25) is 0 Å². The van der Waals surface area contributed by atoms with Crippen LogP contribution in [0.3, 0.4) is 0 Å². The SMILES string of the molecule is [NH]C(=O)CSc1c(F)cccc1F. The minimum absolute atomic E-state index is 0.205. The maximum atomic E-state index is 12.9. The Labute approximate surface area is 78.1 Å². The zero-order valence-electron chi connectivity index (χ0n) is 6.51. The summed E-state index contributed by atoms with van der Waals surface area (Å²) < 4.78 is 25.7. The number of benzene rings is 1. The van der Waals surface area contributed by atoms with Crippen LogP contribution in [0.4, 0.5) is 8.78 Å². The van der Waals surface area contributed by atoms with Crippen LogP contribution in [-0.4, -0.2) is 11.7 Å². The minimum Gasteiger partial charge on any atom is -0.272 e. The van der Waals surface area contributed by atoms with Crippen molar-refractivity contribution in [2.75, 3.05) is 5.75 Å². The van der Waals surface area contributed by atoms with Gasteiger partial charge in [0.2, 0.25) is 5.91 Å². The Balaban J connectivity index is 2.81. The Kier molecular flexibility index (Phi) is 3.25. The van der Waals surface area contributed by atoms with Crippen molar-refractivity contribution in [3.05, 3.63) is 29.8 Å². The van der Waals surface area contributed by atoms with Crippen molar-refractivity contribution in [3.8, 4) is 0 Å². The predicted octanol–water partition coefficient (Wildman–Crippen LogP) is 1.87. The molecule has 1 amide bonds. The molecule has 13 heavy (non-hydrogen) atoms. The summed E-state index contributed by atoms with van der Waals surface area (Å²) in [5.41, 5.74) is 6.56. The molecule has 0 unspecified atom stereocenters. The number of amides is 1. The zero-order valence-corrected chi connectivity index (χ0v) is 7.33. The van der Waals surface area contributed by atoms with E-state index in [1.807, 2.05) is 0 Å². The van der Waals surface area contributed by atoms with E-state index in [1.54, 1.807) is 0 Å². The fourth-order valence-corrected chi connectivity index (χ4v) is 1.45. The molecule has 0 saturated heterocycles. The Morgan fingerprint density at radius 2 is 1.92 bits per heavy atom. The van der Waals surface area contributed by atoms with Gasteiger partial charge < -0.3 is 0 Å². The van der Waals surface area contributed by atoms with E-state index >= 15 is 0 Å². The lowest BCUT2D eigenvalue weighted by Crippen LogP contribution is -2.01. The highest BCUT2D eigenvalue weighted by molar-refractivity contribution is 8.00. The highest BCUT2D eigenvalue weighted by atomic mass is 32.2. The molecule has 0 aromatic heterocycles. The average Bonchev–Trinajstić information content (AvgIpc) is 2.03. The lowest BCUT2D eigenvalue weighted by atomic mass is 10.3. The maximum Gasteiger partial charge on any atom is 0.248 e. The molecule has 0 heterocycles. The van der Waals surface area contributed by atoms with Gasteiger partial charge in [-0.15, -0.1) is 11.8 Å². The zero-order chi connectivity index (χ0) is 9.84. The first kappa shape index (κ1) is 9.98. The highest BCUT2D eigenvalue weighted by Gasteiger charge is 2.09. The van der Waals surface area contributed by atoms with Crippen LogP contribution in [0.25, 0.3) is 0 Å². The van der Waals surface area contributed by atoms with Gasteiger partial charge in [-0.3, -0.25) is 10.5 Å². The quantitative estimate of drug-likeness (QED) is 0.702. The van der Waals surface area contributed by atoms with Crippen LogP contribution in [0.15, 0.2) is 23.1 Å². The van der Waals surface area contributed by atoms with E-state index < -0.39 is 17.5 Å². The Morgan fingerprint density at radius 3 is 2.38 bits per heavy atom. The first-order valence-corrected chi connectivity index (χ1v) is 4.41. The standard InChI is InChI=1S/C8H6F2NOS/c9-5-2-1-3-6(10)8(5)13-4-7(11)12/h1-3,11H,4H2. The summed E-state index contributed by atoms with van der Waals surface area (Å²) in [6.07, 6.45) is 0. The van der Waals surface area contributed by atoms with Crippen molar-refractivity contribution in [1.82, 2.24) is 5.73 Å². The van der Waals surface area contributed by atoms with Crippen LogP contribution in [0.1, 0.15) is 0 Å². The number of carbonyl (C=O) groups excluding carboxylic acids is 1. The molecule has 1 aromatic carbocycles. The third kappa shape index (κ3) is 2.69. The Bertz CT molecular complexity index is 310. The molecule has 0 aliphatic rings. The van der Waals surface area contributed by atoms with E-state index in [0.29, 0.717) is 11.8 Å². The molecule has 0 fully saturated rings. The number of carbonyl (C=O) groups is 1. The number of halogens is 2. The van der Waals surface area contributed by atoms with Gasteiger partial charge in [-0.1, -0.05) is 6.07 Å². The smallest absolute Gasteiger partial charge is 0.248 e. The van der Waals surface area contributed by atoms with Crippen LogP contribution >= 0.6 is 11.8 Å². The van der Waals surface area contributed by atoms with E-state index in [1.165, 1.54) is 6.07 Å². The van der Waals surface area contributed by atoms with Crippen LogP contribution < -0.4 is 5.73 Å². The summed E-state index contributed by atoms with van der Waals surface area (Å²) >= 11 is 0.695. The third-order valence-electron chi connectivity index (χ3n) is 1.27. The molecule has 1 aromatic rings. The molecule has 1 radical (unpaired) electrons. The van der Waals surface area contributed by atoms with Crippen molar-refractivity contribution in [2.24, 2.45) is 0 Å². The third-order valence-corrected chi connectivity index (χ3v) is 2.35. The summed E-state index contributed by atoms with van der Waals surface area (Å²) in [7, 11) is 0. The Hall–Kier alpha value is -1.10. The summed E-state index contributed by atoms with van der Waals surface area (Å²) in [5, 5.41) is 0. The molecule has 0 aliphatic heterocycles. The van der Waals surface area contributed by atoms with Gasteiger partial charge in [0.05, 0.1) is 10.6 Å². The molecule has 2 nitrogen and oxygen atoms in total. The number of thioether (sulfide) groups is 1. The summed E-state index contributed by atoms with van der Waals surface area (Å²) in [6.45, 7) is 0. The molecular formula is C8H6F2NOS. The van der Waals surface area contributed by atoms with Crippen molar-refractivity contribution in [2.45, 2.75) is 4.90 Å². The molecule has 0 saturated carbocycles. The van der Waals surface area contributed by atoms with E-state index in [-0.39, 0.29) is 10.6 Å². The van der Waals surface area contributed by atoms with E-state index in [0.717, 1.165) is 12.1 Å². The van der Waals surface area contributed by atoms with Crippen LogP contribution in [0, 0.1) is 11.6 Å². The van der Waals surface area contributed by atoms with Gasteiger partial charge in [-0.05, 0) is 12.1 Å². The summed E-state index contributed by atoms with van der Waals surface area (Å²) in [5.74, 6) is -2.50. The monoisotopic (exact) mass is 202 g/mol. The number of rotatable bonds is 3. The molecule has 0 atom stereocenters. The predicted molar refractivity (Wildman–Crippen MR) is 45.2 cm³/mol. The molecule has 69 valence electrons. The second-order valence-corrected chi connectivity index (χ2v) is 3.25. The summed E-state index contributed by atoms with van der Waals surface area (Å²) in [4.78, 5) is 10.0. The van der Waals surface area contributed by atoms with Crippen molar-refractivity contribution in [1.29, 1.82) is 0 Å². The van der Waals surface area contributed by atoms with Crippen molar-refractivity contribution < 1.29 is 13.6 Å². The van der Waals surface area contributed by atoms with E-state index in [4.69, 9.17) is 5.73 Å². The lowest BCUT2D eigenvalue weighted by molar-refractivity contribution is -0.116. The van der Waals surface area contributed by atoms with Gasteiger partial charge in [0.1, 0.15) is 11.6 Å². The normalized spacial score (nSPS) is 10.0. The van der Waals surface area contributed by atoms with Crippen LogP contribution in [-0.2, 0) is 4.79 Å². The fourth-order valence-electron chi connectivity index (χ4n) is 0.758. The number of hydrogen-bond acceptors (Lipinski definition) is 2. The summed E-state index contributed by atoms with van der Waals surface area (Å²) in [6, 6.07) is 3.47. The Morgan fingerprint density at radius 1 is 1.38 bits per heavy atom. The minimum atomic E-state index is -0.854. The molecule has 1 N–H and O–H groups in total. The molecule has 0 bridgehead atoms. The van der Waals surface area contributed by atoms with Gasteiger partial charge >= 0.3 is 0 Å².